The lowest BCUT2D eigenvalue weighted by molar-refractivity contribution is -0.110. The number of aromatic nitrogens is 2. The largest absolute Gasteiger partial charge is 0.472 e. The van der Waals surface area contributed by atoms with Gasteiger partial charge in [0.05, 0.1) is 23.4 Å². The third-order valence-electron chi connectivity index (χ3n) is 6.58. The van der Waals surface area contributed by atoms with Crippen molar-refractivity contribution in [3.8, 4) is 5.88 Å². The molecule has 1 aromatic carbocycles. The van der Waals surface area contributed by atoms with Gasteiger partial charge in [0, 0.05) is 31.1 Å². The summed E-state index contributed by atoms with van der Waals surface area (Å²) in [6.45, 7) is 2.67. The summed E-state index contributed by atoms with van der Waals surface area (Å²) in [6, 6.07) is 9.74. The van der Waals surface area contributed by atoms with Crippen LogP contribution in [0.2, 0.25) is 0 Å². The number of hydrogen-bond donors (Lipinski definition) is 1. The molecule has 38 heavy (non-hydrogen) atoms. The Morgan fingerprint density at radius 2 is 1.89 bits per heavy atom. The number of hydrogen-bond acceptors (Lipinski definition) is 11. The van der Waals surface area contributed by atoms with E-state index >= 15 is 0 Å². The van der Waals surface area contributed by atoms with E-state index in [0.717, 1.165) is 13.1 Å². The lowest BCUT2D eigenvalue weighted by Crippen LogP contribution is -2.51. The van der Waals surface area contributed by atoms with E-state index in [-0.39, 0.29) is 28.1 Å². The molecule has 1 atom stereocenters. The van der Waals surface area contributed by atoms with Crippen LogP contribution in [0.3, 0.4) is 0 Å². The molecule has 2 saturated heterocycles. The quantitative estimate of drug-likeness (QED) is 0.311. The Balaban J connectivity index is 1.21. The van der Waals surface area contributed by atoms with Gasteiger partial charge in [-0.2, -0.15) is 0 Å². The van der Waals surface area contributed by atoms with Crippen molar-refractivity contribution in [3.05, 3.63) is 42.0 Å². The predicted octanol–water partition coefficient (Wildman–Crippen LogP) is 2.47. The topological polar surface area (TPSA) is 132 Å². The molecule has 3 fully saturated rings. The number of carbonyl (C=O) groups is 1. The highest BCUT2D eigenvalue weighted by Crippen LogP contribution is 2.33. The summed E-state index contributed by atoms with van der Waals surface area (Å²) in [4.78, 5) is 31.0. The smallest absolute Gasteiger partial charge is 0.280 e. The van der Waals surface area contributed by atoms with Crippen molar-refractivity contribution < 1.29 is 27.5 Å². The molecule has 3 aromatic rings. The average molecular weight is 558 g/mol. The van der Waals surface area contributed by atoms with E-state index in [4.69, 9.17) is 14.3 Å². The van der Waals surface area contributed by atoms with Crippen molar-refractivity contribution >= 4 is 48.3 Å². The number of rotatable bonds is 9. The minimum Gasteiger partial charge on any atom is -0.472 e. The number of likely N-dealkylation sites (tertiary alicyclic amines) is 1. The maximum absolute atomic E-state index is 13.3. The third-order valence-corrected chi connectivity index (χ3v) is 9.74. The Morgan fingerprint density at radius 3 is 2.58 bits per heavy atom. The zero-order chi connectivity index (χ0) is 26.3. The molecule has 0 bridgehead atoms. The van der Waals surface area contributed by atoms with Gasteiger partial charge >= 0.3 is 0 Å². The monoisotopic (exact) mass is 557 g/mol. The lowest BCUT2D eigenvalue weighted by Gasteiger charge is -2.35. The first-order chi connectivity index (χ1) is 18.3. The third kappa shape index (κ3) is 5.37. The summed E-state index contributed by atoms with van der Waals surface area (Å²) >= 11 is 1.23. The number of nitrogens with one attached hydrogen (secondary N) is 1. The average Bonchev–Trinajstić information content (AvgIpc) is 3.49. The Bertz CT molecular complexity index is 1470. The number of carbonyl (C=O) groups excluding carboxylic acids is 1. The summed E-state index contributed by atoms with van der Waals surface area (Å²) in [6.07, 6.45) is 1.89. The summed E-state index contributed by atoms with van der Waals surface area (Å²) < 4.78 is 36.4. The predicted molar refractivity (Wildman–Crippen MR) is 141 cm³/mol. The van der Waals surface area contributed by atoms with Crippen molar-refractivity contribution in [2.24, 2.45) is 5.16 Å². The summed E-state index contributed by atoms with van der Waals surface area (Å²) in [5.41, 5.74) is 1.07. The van der Waals surface area contributed by atoms with Crippen LogP contribution in [0.15, 0.2) is 46.4 Å². The van der Waals surface area contributed by atoms with Crippen LogP contribution in [-0.2, 0) is 24.2 Å². The number of nitrogens with zero attached hydrogens (tertiary/aromatic N) is 4. The molecule has 3 aliphatic rings. The Kier molecular flexibility index (Phi) is 6.76. The number of thiazole rings is 1. The number of pyridine rings is 1. The summed E-state index contributed by atoms with van der Waals surface area (Å²) in [7, 11) is -1.31. The van der Waals surface area contributed by atoms with E-state index < -0.39 is 15.7 Å². The second-order valence-corrected chi connectivity index (χ2v) is 12.9. The lowest BCUT2D eigenvalue weighted by atomic mass is 10.1. The number of benzene rings is 1. The molecule has 4 heterocycles. The van der Waals surface area contributed by atoms with Crippen LogP contribution in [-0.4, -0.2) is 85.7 Å². The molecule has 200 valence electrons. The van der Waals surface area contributed by atoms with E-state index in [2.05, 4.69) is 25.3 Å². The van der Waals surface area contributed by atoms with Gasteiger partial charge in [-0.05, 0) is 38.1 Å². The Labute approximate surface area is 223 Å². The standard InChI is InChI=1S/C25H27N5O6S2/c1-30-12-17(13-30)35-21-9-8-20-24(27-21)37-25(26-20)28-23(31)22(29-36-16-10-11-34-14-16)15-2-4-18(5-3-15)38(32,33)19-6-7-19/h2-5,8-9,16-17,19H,6-7,10-14H2,1H3,(H,26,28,31)/b29-22+/t16-/m1/s1. The fourth-order valence-electron chi connectivity index (χ4n) is 4.28. The highest BCUT2D eigenvalue weighted by molar-refractivity contribution is 7.92. The minimum absolute atomic E-state index is 0.0117. The fourth-order valence-corrected chi connectivity index (χ4v) is 6.77. The molecule has 1 aliphatic carbocycles. The van der Waals surface area contributed by atoms with E-state index in [9.17, 15) is 13.2 Å². The number of amides is 1. The Morgan fingerprint density at radius 1 is 1.11 bits per heavy atom. The number of fused-ring (bicyclic) bond motifs is 1. The molecule has 6 rings (SSSR count). The normalized spacial score (nSPS) is 20.9. The first-order valence-corrected chi connectivity index (χ1v) is 14.8. The summed E-state index contributed by atoms with van der Waals surface area (Å²) in [5.74, 6) is -0.0115. The SMILES string of the molecule is CN1CC(Oc2ccc3nc(NC(=O)/C(=N/O[C@@H]4CCOC4)c4ccc(S(=O)(=O)C5CC5)cc4)sc3n2)C1. The van der Waals surface area contributed by atoms with E-state index in [1.54, 1.807) is 18.2 Å². The molecule has 2 aliphatic heterocycles. The molecule has 0 unspecified atom stereocenters. The van der Waals surface area contributed by atoms with Crippen LogP contribution >= 0.6 is 11.3 Å². The number of anilines is 1. The van der Waals surface area contributed by atoms with Crippen molar-refractivity contribution in [1.82, 2.24) is 14.9 Å². The van der Waals surface area contributed by atoms with Gasteiger partial charge < -0.3 is 14.3 Å². The molecule has 0 radical (unpaired) electrons. The van der Waals surface area contributed by atoms with Crippen LogP contribution in [0.4, 0.5) is 5.13 Å². The van der Waals surface area contributed by atoms with E-state index in [0.29, 0.717) is 59.4 Å². The van der Waals surface area contributed by atoms with Gasteiger partial charge in [-0.1, -0.05) is 28.6 Å². The first kappa shape index (κ1) is 25.2. The van der Waals surface area contributed by atoms with Gasteiger partial charge in [0.15, 0.2) is 26.8 Å². The second-order valence-electron chi connectivity index (χ2n) is 9.71. The maximum Gasteiger partial charge on any atom is 0.280 e. The number of oxime groups is 1. The molecule has 11 nitrogen and oxygen atoms in total. The molecule has 1 amide bonds. The number of sulfone groups is 1. The van der Waals surface area contributed by atoms with Crippen LogP contribution < -0.4 is 10.1 Å². The molecule has 0 spiro atoms. The van der Waals surface area contributed by atoms with Crippen LogP contribution in [0, 0.1) is 0 Å². The van der Waals surface area contributed by atoms with Crippen molar-refractivity contribution in [2.75, 3.05) is 38.7 Å². The van der Waals surface area contributed by atoms with Gasteiger partial charge in [-0.3, -0.25) is 15.0 Å². The van der Waals surface area contributed by atoms with Gasteiger partial charge in [-0.25, -0.2) is 18.4 Å². The van der Waals surface area contributed by atoms with Gasteiger partial charge in [0.1, 0.15) is 16.5 Å². The van der Waals surface area contributed by atoms with E-state index in [1.165, 1.54) is 23.5 Å². The fraction of sp³-hybridized carbons (Fsp3) is 0.440. The van der Waals surface area contributed by atoms with Crippen LogP contribution in [0.1, 0.15) is 24.8 Å². The highest BCUT2D eigenvalue weighted by atomic mass is 32.2. The Hall–Kier alpha value is -3.13. The van der Waals surface area contributed by atoms with Crippen LogP contribution in [0.25, 0.3) is 10.3 Å². The molecule has 2 aromatic heterocycles. The molecule has 1 N–H and O–H groups in total. The number of likely N-dealkylation sites (N-methyl/N-ethyl adjacent to an activating group) is 1. The molecule has 1 saturated carbocycles. The number of ether oxygens (including phenoxy) is 2. The zero-order valence-corrected chi connectivity index (χ0v) is 22.3. The van der Waals surface area contributed by atoms with E-state index in [1.807, 2.05) is 13.1 Å². The van der Waals surface area contributed by atoms with Gasteiger partial charge in [0.2, 0.25) is 5.88 Å². The zero-order valence-electron chi connectivity index (χ0n) is 20.7. The van der Waals surface area contributed by atoms with Crippen LogP contribution in [0.5, 0.6) is 5.88 Å². The van der Waals surface area contributed by atoms with Crippen molar-refractivity contribution in [3.63, 3.8) is 0 Å². The summed E-state index contributed by atoms with van der Waals surface area (Å²) in [5, 5.41) is 6.97. The maximum atomic E-state index is 13.3. The minimum atomic E-state index is -3.35. The highest BCUT2D eigenvalue weighted by Gasteiger charge is 2.37. The molecular weight excluding hydrogens is 530 g/mol. The van der Waals surface area contributed by atoms with Crippen molar-refractivity contribution in [2.45, 2.75) is 41.6 Å². The molecular formula is C25H27N5O6S2. The second kappa shape index (κ2) is 10.2. The van der Waals surface area contributed by atoms with Gasteiger partial charge in [0.25, 0.3) is 5.91 Å². The first-order valence-electron chi connectivity index (χ1n) is 12.5. The molecule has 13 heteroatoms. The van der Waals surface area contributed by atoms with Gasteiger partial charge in [-0.15, -0.1) is 0 Å². The van der Waals surface area contributed by atoms with Crippen molar-refractivity contribution in [1.29, 1.82) is 0 Å².